The minimum absolute atomic E-state index is 0.299. The van der Waals surface area contributed by atoms with Crippen LogP contribution in [0.25, 0.3) is 0 Å². The topological polar surface area (TPSA) is 82.8 Å². The normalized spacial score (nSPS) is 11.1. The molecule has 0 bridgehead atoms. The van der Waals surface area contributed by atoms with E-state index in [1.807, 2.05) is 36.4 Å². The van der Waals surface area contributed by atoms with Crippen LogP contribution < -0.4 is 20.3 Å². The molecule has 27 heavy (non-hydrogen) atoms. The number of rotatable bonds is 9. The van der Waals surface area contributed by atoms with Crippen molar-refractivity contribution in [2.75, 3.05) is 0 Å². The maximum atomic E-state index is 13.1. The molecule has 7 heteroatoms. The number of nitrogens with one attached hydrogen (secondary N) is 1. The van der Waals surface area contributed by atoms with Crippen molar-refractivity contribution in [3.05, 3.63) is 96.1 Å². The smallest absolute Gasteiger partial charge is 0.394 e. The molecular formula is C20H21N2O4P. The van der Waals surface area contributed by atoms with Crippen LogP contribution in [0.3, 0.4) is 0 Å². The van der Waals surface area contributed by atoms with Crippen molar-refractivity contribution in [1.82, 2.24) is 5.48 Å². The number of nitrogens with two attached hydrogens (primary N) is 1. The predicted octanol–water partition coefficient (Wildman–Crippen LogP) is 4.43. The van der Waals surface area contributed by atoms with E-state index in [-0.39, 0.29) is 0 Å². The first kappa shape index (κ1) is 19.1. The summed E-state index contributed by atoms with van der Waals surface area (Å²) in [6.07, 6.45) is 0. The highest BCUT2D eigenvalue weighted by Crippen LogP contribution is 2.48. The van der Waals surface area contributed by atoms with Crippen LogP contribution in [0.2, 0.25) is 0 Å². The largest absolute Gasteiger partial charge is 0.604 e. The van der Waals surface area contributed by atoms with Crippen molar-refractivity contribution in [3.63, 3.8) is 0 Å². The first-order valence-corrected chi connectivity index (χ1v) is 9.92. The van der Waals surface area contributed by atoms with Crippen molar-refractivity contribution in [2.24, 2.45) is 5.73 Å². The number of phosphoric ester groups is 1. The molecule has 0 unspecified atom stereocenters. The number of phosphoric acid groups is 1. The van der Waals surface area contributed by atoms with Gasteiger partial charge in [0.1, 0.15) is 11.5 Å². The number of hydrogen-bond donors (Lipinski definition) is 2. The molecule has 3 N–H and O–H groups in total. The van der Waals surface area contributed by atoms with E-state index >= 15 is 0 Å². The fourth-order valence-corrected chi connectivity index (χ4v) is 3.49. The fraction of sp³-hybridized carbons (Fsp3) is 0.100. The summed E-state index contributed by atoms with van der Waals surface area (Å²) in [4.78, 5) is 0. The molecule has 0 aliphatic carbocycles. The zero-order valence-electron chi connectivity index (χ0n) is 14.7. The predicted molar refractivity (Wildman–Crippen MR) is 104 cm³/mol. The molecular weight excluding hydrogens is 363 g/mol. The van der Waals surface area contributed by atoms with Crippen LogP contribution in [0, 0.1) is 0 Å². The van der Waals surface area contributed by atoms with E-state index in [1.165, 1.54) is 0 Å². The van der Waals surface area contributed by atoms with Crippen molar-refractivity contribution >= 4 is 7.82 Å². The Morgan fingerprint density at radius 2 is 1.22 bits per heavy atom. The lowest BCUT2D eigenvalue weighted by Crippen LogP contribution is -2.18. The summed E-state index contributed by atoms with van der Waals surface area (Å²) in [5.74, 6) is 0.752. The van der Waals surface area contributed by atoms with Crippen LogP contribution in [0.4, 0.5) is 0 Å². The molecule has 0 spiro atoms. The monoisotopic (exact) mass is 384 g/mol. The van der Waals surface area contributed by atoms with Crippen molar-refractivity contribution in [2.45, 2.75) is 13.1 Å². The Kier molecular flexibility index (Phi) is 6.63. The third kappa shape index (κ3) is 5.67. The first-order valence-electron chi connectivity index (χ1n) is 8.46. The molecule has 0 aliphatic heterocycles. The van der Waals surface area contributed by atoms with Crippen molar-refractivity contribution in [1.29, 1.82) is 0 Å². The van der Waals surface area contributed by atoms with Gasteiger partial charge in [-0.3, -0.25) is 0 Å². The van der Waals surface area contributed by atoms with Crippen molar-refractivity contribution < 1.29 is 18.2 Å². The Balaban J connectivity index is 1.72. The van der Waals surface area contributed by atoms with E-state index in [1.54, 1.807) is 48.5 Å². The molecule has 0 saturated carbocycles. The van der Waals surface area contributed by atoms with Crippen LogP contribution >= 0.6 is 7.82 Å². The standard InChI is InChI=1S/C20H21N2O4P/c21-15-17-9-7-8-10-18(17)16-22-26-27(23,24-19-11-3-1-4-12-19)25-20-13-5-2-6-14-20/h1-14,22H,15-16,21H2. The summed E-state index contributed by atoms with van der Waals surface area (Å²) in [5.41, 5.74) is 10.3. The minimum Gasteiger partial charge on any atom is -0.394 e. The van der Waals surface area contributed by atoms with Crippen LogP contribution in [0.15, 0.2) is 84.9 Å². The van der Waals surface area contributed by atoms with Crippen molar-refractivity contribution in [3.8, 4) is 11.5 Å². The Morgan fingerprint density at radius 3 is 1.74 bits per heavy atom. The minimum atomic E-state index is -3.97. The molecule has 140 valence electrons. The maximum absolute atomic E-state index is 13.1. The Labute approximate surface area is 158 Å². The quantitative estimate of drug-likeness (QED) is 0.419. The SMILES string of the molecule is NCc1ccccc1CNOP(=O)(Oc1ccccc1)Oc1ccccc1. The van der Waals surface area contributed by atoms with E-state index in [4.69, 9.17) is 19.4 Å². The summed E-state index contributed by atoms with van der Waals surface area (Å²) >= 11 is 0. The highest BCUT2D eigenvalue weighted by atomic mass is 31.2. The number of hydrogen-bond acceptors (Lipinski definition) is 6. The maximum Gasteiger partial charge on any atom is 0.604 e. The van der Waals surface area contributed by atoms with Gasteiger partial charge in [0.25, 0.3) is 0 Å². The number of hydroxylamine groups is 1. The number of benzene rings is 3. The Hall–Kier alpha value is -2.63. The molecule has 0 saturated heterocycles. The fourth-order valence-electron chi connectivity index (χ4n) is 2.39. The second-order valence-corrected chi connectivity index (χ2v) is 7.08. The van der Waals surface area contributed by atoms with Gasteiger partial charge in [0.15, 0.2) is 0 Å². The molecule has 0 fully saturated rings. The van der Waals surface area contributed by atoms with Crippen LogP contribution in [0.5, 0.6) is 11.5 Å². The van der Waals surface area contributed by atoms with Gasteiger partial charge < -0.3 is 14.8 Å². The summed E-state index contributed by atoms with van der Waals surface area (Å²) in [6, 6.07) is 25.1. The van der Waals surface area contributed by atoms with E-state index < -0.39 is 7.82 Å². The summed E-state index contributed by atoms with van der Waals surface area (Å²) in [5, 5.41) is 0. The van der Waals surface area contributed by atoms with Gasteiger partial charge in [0, 0.05) is 13.1 Å². The molecule has 0 atom stereocenters. The summed E-state index contributed by atoms with van der Waals surface area (Å²) in [6.45, 7) is 0.699. The van der Waals surface area contributed by atoms with E-state index in [9.17, 15) is 4.57 Å². The summed E-state index contributed by atoms with van der Waals surface area (Å²) < 4.78 is 29.6. The van der Waals surface area contributed by atoms with Crippen LogP contribution in [0.1, 0.15) is 11.1 Å². The van der Waals surface area contributed by atoms with Gasteiger partial charge in [-0.2, -0.15) is 10.1 Å². The molecule has 6 nitrogen and oxygen atoms in total. The Bertz CT molecular complexity index is 845. The highest BCUT2D eigenvalue weighted by Gasteiger charge is 2.31. The molecule has 0 heterocycles. The summed E-state index contributed by atoms with van der Waals surface area (Å²) in [7, 11) is -3.97. The zero-order valence-corrected chi connectivity index (χ0v) is 15.5. The van der Waals surface area contributed by atoms with E-state index in [2.05, 4.69) is 5.48 Å². The zero-order chi connectivity index (χ0) is 19.0. The third-order valence-electron chi connectivity index (χ3n) is 3.70. The lowest BCUT2D eigenvalue weighted by atomic mass is 10.1. The van der Waals surface area contributed by atoms with Gasteiger partial charge in [-0.05, 0) is 35.4 Å². The second kappa shape index (κ2) is 9.35. The molecule has 3 rings (SSSR count). The molecule has 0 aromatic heterocycles. The van der Waals surface area contributed by atoms with E-state index in [0.717, 1.165) is 11.1 Å². The second-order valence-electron chi connectivity index (χ2n) is 5.64. The highest BCUT2D eigenvalue weighted by molar-refractivity contribution is 7.49. The van der Waals surface area contributed by atoms with Gasteiger partial charge in [0.05, 0.1) is 0 Å². The lowest BCUT2D eigenvalue weighted by molar-refractivity contribution is 0.130. The third-order valence-corrected chi connectivity index (χ3v) is 4.92. The van der Waals surface area contributed by atoms with Gasteiger partial charge in [-0.25, -0.2) is 4.57 Å². The van der Waals surface area contributed by atoms with Crippen LogP contribution in [-0.4, -0.2) is 0 Å². The lowest BCUT2D eigenvalue weighted by Gasteiger charge is -2.19. The van der Waals surface area contributed by atoms with Gasteiger partial charge in [0.2, 0.25) is 0 Å². The van der Waals surface area contributed by atoms with Gasteiger partial charge >= 0.3 is 7.82 Å². The Morgan fingerprint density at radius 1 is 0.741 bits per heavy atom. The molecule has 0 amide bonds. The van der Waals surface area contributed by atoms with Gasteiger partial charge in [-0.15, -0.1) is 0 Å². The van der Waals surface area contributed by atoms with E-state index in [0.29, 0.717) is 24.6 Å². The molecule has 0 aliphatic rings. The molecule has 0 radical (unpaired) electrons. The average molecular weight is 384 g/mol. The van der Waals surface area contributed by atoms with Gasteiger partial charge in [-0.1, -0.05) is 60.7 Å². The molecule has 3 aromatic carbocycles. The average Bonchev–Trinajstić information content (AvgIpc) is 2.70. The number of para-hydroxylation sites is 2. The van der Waals surface area contributed by atoms with Crippen LogP contribution in [-0.2, 0) is 22.3 Å². The molecule has 3 aromatic rings. The first-order chi connectivity index (χ1) is 13.2.